The summed E-state index contributed by atoms with van der Waals surface area (Å²) < 4.78 is 0. The van der Waals surface area contributed by atoms with Crippen LogP contribution in [0.4, 0.5) is 0 Å². The number of aliphatic hydroxyl groups excluding tert-OH is 1. The Kier molecular flexibility index (Phi) is 6.30. The summed E-state index contributed by atoms with van der Waals surface area (Å²) in [6.45, 7) is 3.30. The third-order valence-electron chi connectivity index (χ3n) is 3.48. The van der Waals surface area contributed by atoms with Crippen molar-refractivity contribution >= 4 is 17.7 Å². The normalized spacial score (nSPS) is 21.3. The molecule has 0 aromatic carbocycles. The molecule has 0 aliphatic carbocycles. The lowest BCUT2D eigenvalue weighted by molar-refractivity contribution is -0.134. The van der Waals surface area contributed by atoms with Gasteiger partial charge in [0, 0.05) is 13.1 Å². The van der Waals surface area contributed by atoms with Crippen LogP contribution in [0.15, 0.2) is 0 Å². The van der Waals surface area contributed by atoms with E-state index >= 15 is 0 Å². The predicted molar refractivity (Wildman–Crippen MR) is 72.0 cm³/mol. The van der Waals surface area contributed by atoms with Crippen molar-refractivity contribution in [1.82, 2.24) is 4.90 Å². The Morgan fingerprint density at radius 1 is 1.53 bits per heavy atom. The van der Waals surface area contributed by atoms with Gasteiger partial charge in [-0.2, -0.15) is 11.8 Å². The third-order valence-corrected chi connectivity index (χ3v) is 4.13. The SMILES string of the molecule is CSCC[C@H](N)C(=O)N1CCC(C(C)O)CC1. The Morgan fingerprint density at radius 3 is 2.59 bits per heavy atom. The highest BCUT2D eigenvalue weighted by Crippen LogP contribution is 2.21. The summed E-state index contributed by atoms with van der Waals surface area (Å²) in [5.41, 5.74) is 5.87. The highest BCUT2D eigenvalue weighted by molar-refractivity contribution is 7.98. The molecular weight excluding hydrogens is 236 g/mol. The van der Waals surface area contributed by atoms with E-state index in [1.165, 1.54) is 0 Å². The van der Waals surface area contributed by atoms with Crippen molar-refractivity contribution in [2.75, 3.05) is 25.1 Å². The molecule has 1 unspecified atom stereocenters. The number of nitrogens with two attached hydrogens (primary N) is 1. The van der Waals surface area contributed by atoms with Crippen molar-refractivity contribution in [3.8, 4) is 0 Å². The average Bonchev–Trinajstić information content (AvgIpc) is 2.35. The molecular formula is C12H24N2O2S. The fourth-order valence-electron chi connectivity index (χ4n) is 2.21. The summed E-state index contributed by atoms with van der Waals surface area (Å²) in [5, 5.41) is 9.50. The van der Waals surface area contributed by atoms with E-state index < -0.39 is 0 Å². The molecule has 100 valence electrons. The van der Waals surface area contributed by atoms with Crippen LogP contribution in [0.5, 0.6) is 0 Å². The minimum atomic E-state index is -0.356. The highest BCUT2D eigenvalue weighted by atomic mass is 32.2. The second kappa shape index (κ2) is 7.24. The zero-order valence-corrected chi connectivity index (χ0v) is 11.6. The summed E-state index contributed by atoms with van der Waals surface area (Å²) in [5.74, 6) is 1.33. The Labute approximate surface area is 108 Å². The lowest BCUT2D eigenvalue weighted by Gasteiger charge is -2.34. The third kappa shape index (κ3) is 4.48. The molecule has 0 aromatic heterocycles. The molecule has 0 spiro atoms. The van der Waals surface area contributed by atoms with Gasteiger partial charge in [0.1, 0.15) is 0 Å². The van der Waals surface area contributed by atoms with Gasteiger partial charge in [0.2, 0.25) is 5.91 Å². The van der Waals surface area contributed by atoms with Gasteiger partial charge >= 0.3 is 0 Å². The van der Waals surface area contributed by atoms with Crippen molar-refractivity contribution in [3.05, 3.63) is 0 Å². The molecule has 4 nitrogen and oxygen atoms in total. The Hall–Kier alpha value is -0.260. The number of piperidine rings is 1. The van der Waals surface area contributed by atoms with Gasteiger partial charge in [0.25, 0.3) is 0 Å². The molecule has 1 saturated heterocycles. The Bertz CT molecular complexity index is 241. The first kappa shape index (κ1) is 14.8. The molecule has 0 saturated carbocycles. The van der Waals surface area contributed by atoms with Gasteiger partial charge in [-0.3, -0.25) is 4.79 Å². The molecule has 1 fully saturated rings. The summed E-state index contributed by atoms with van der Waals surface area (Å²) in [6, 6.07) is -0.356. The largest absolute Gasteiger partial charge is 0.393 e. The van der Waals surface area contributed by atoms with E-state index in [9.17, 15) is 9.90 Å². The maximum Gasteiger partial charge on any atom is 0.239 e. The molecule has 0 radical (unpaired) electrons. The van der Waals surface area contributed by atoms with E-state index in [0.29, 0.717) is 5.92 Å². The van der Waals surface area contributed by atoms with Gasteiger partial charge in [-0.25, -0.2) is 0 Å². The van der Waals surface area contributed by atoms with Crippen LogP contribution in [0.1, 0.15) is 26.2 Å². The molecule has 1 aliphatic rings. The molecule has 1 amide bonds. The molecule has 17 heavy (non-hydrogen) atoms. The fraction of sp³-hybridized carbons (Fsp3) is 0.917. The van der Waals surface area contributed by atoms with E-state index in [1.54, 1.807) is 11.8 Å². The first-order chi connectivity index (χ1) is 8.06. The minimum absolute atomic E-state index is 0.0723. The molecule has 0 bridgehead atoms. The van der Waals surface area contributed by atoms with E-state index in [2.05, 4.69) is 0 Å². The number of rotatable bonds is 5. The van der Waals surface area contributed by atoms with Crippen LogP contribution in [0.25, 0.3) is 0 Å². The Morgan fingerprint density at radius 2 is 2.12 bits per heavy atom. The smallest absolute Gasteiger partial charge is 0.239 e. The minimum Gasteiger partial charge on any atom is -0.393 e. The molecule has 1 rings (SSSR count). The van der Waals surface area contributed by atoms with Crippen LogP contribution >= 0.6 is 11.8 Å². The predicted octanol–water partition coefficient (Wildman–Crippen LogP) is 0.686. The fourth-order valence-corrected chi connectivity index (χ4v) is 2.69. The van der Waals surface area contributed by atoms with E-state index in [1.807, 2.05) is 18.1 Å². The van der Waals surface area contributed by atoms with Gasteiger partial charge < -0.3 is 15.7 Å². The lowest BCUT2D eigenvalue weighted by Crippen LogP contribution is -2.48. The van der Waals surface area contributed by atoms with Crippen LogP contribution in [0.3, 0.4) is 0 Å². The standard InChI is InChI=1S/C12H24N2O2S/c1-9(15)10-3-6-14(7-4-10)12(16)11(13)5-8-17-2/h9-11,15H,3-8,13H2,1-2H3/t9?,11-/m0/s1. The first-order valence-corrected chi connectivity index (χ1v) is 7.67. The number of nitrogens with zero attached hydrogens (tertiary/aromatic N) is 1. The number of aliphatic hydroxyl groups is 1. The number of amides is 1. The zero-order valence-electron chi connectivity index (χ0n) is 10.8. The van der Waals surface area contributed by atoms with Crippen molar-refractivity contribution < 1.29 is 9.90 Å². The number of thioether (sulfide) groups is 1. The van der Waals surface area contributed by atoms with Crippen LogP contribution in [0.2, 0.25) is 0 Å². The molecule has 1 heterocycles. The summed E-state index contributed by atoms with van der Waals surface area (Å²) >= 11 is 1.71. The topological polar surface area (TPSA) is 66.6 Å². The van der Waals surface area contributed by atoms with Crippen LogP contribution in [-0.4, -0.2) is 53.2 Å². The lowest BCUT2D eigenvalue weighted by atomic mass is 9.92. The van der Waals surface area contributed by atoms with E-state index in [4.69, 9.17) is 5.73 Å². The van der Waals surface area contributed by atoms with Gasteiger partial charge in [-0.15, -0.1) is 0 Å². The number of carbonyl (C=O) groups excluding carboxylic acids is 1. The second-order valence-electron chi connectivity index (χ2n) is 4.79. The maximum atomic E-state index is 12.0. The van der Waals surface area contributed by atoms with Crippen LogP contribution in [-0.2, 0) is 4.79 Å². The second-order valence-corrected chi connectivity index (χ2v) is 5.78. The van der Waals surface area contributed by atoms with Gasteiger partial charge in [0.05, 0.1) is 12.1 Å². The molecule has 2 atom stereocenters. The monoisotopic (exact) mass is 260 g/mol. The van der Waals surface area contributed by atoms with Crippen molar-refractivity contribution in [2.45, 2.75) is 38.3 Å². The molecule has 5 heteroatoms. The van der Waals surface area contributed by atoms with Crippen molar-refractivity contribution in [1.29, 1.82) is 0 Å². The number of hydrogen-bond donors (Lipinski definition) is 2. The average molecular weight is 260 g/mol. The van der Waals surface area contributed by atoms with E-state index in [0.717, 1.165) is 38.1 Å². The number of carbonyl (C=O) groups is 1. The summed E-state index contributed by atoms with van der Waals surface area (Å²) in [6.07, 6.45) is 4.27. The summed E-state index contributed by atoms with van der Waals surface area (Å²) in [7, 11) is 0. The van der Waals surface area contributed by atoms with E-state index in [-0.39, 0.29) is 18.1 Å². The number of hydrogen-bond acceptors (Lipinski definition) is 4. The van der Waals surface area contributed by atoms with Gasteiger partial charge in [-0.1, -0.05) is 0 Å². The van der Waals surface area contributed by atoms with Crippen molar-refractivity contribution in [3.63, 3.8) is 0 Å². The molecule has 3 N–H and O–H groups in total. The van der Waals surface area contributed by atoms with Crippen LogP contribution in [0, 0.1) is 5.92 Å². The van der Waals surface area contributed by atoms with Crippen LogP contribution < -0.4 is 5.73 Å². The zero-order chi connectivity index (χ0) is 12.8. The molecule has 0 aromatic rings. The maximum absolute atomic E-state index is 12.0. The highest BCUT2D eigenvalue weighted by Gasteiger charge is 2.27. The first-order valence-electron chi connectivity index (χ1n) is 6.27. The Balaban J connectivity index is 2.35. The quantitative estimate of drug-likeness (QED) is 0.763. The summed E-state index contributed by atoms with van der Waals surface area (Å²) in [4.78, 5) is 13.9. The molecule has 1 aliphatic heterocycles. The van der Waals surface area contributed by atoms with Gasteiger partial charge in [-0.05, 0) is 44.1 Å². The number of likely N-dealkylation sites (tertiary alicyclic amines) is 1. The van der Waals surface area contributed by atoms with Crippen molar-refractivity contribution in [2.24, 2.45) is 11.7 Å². The van der Waals surface area contributed by atoms with Gasteiger partial charge in [0.15, 0.2) is 0 Å².